The van der Waals surface area contributed by atoms with E-state index in [-0.39, 0.29) is 36.5 Å². The van der Waals surface area contributed by atoms with Crippen molar-refractivity contribution in [3.05, 3.63) is 35.6 Å². The number of halogens is 3. The lowest BCUT2D eigenvalue weighted by Crippen LogP contribution is -2.46. The molecule has 126 valence electrons. The third-order valence-electron chi connectivity index (χ3n) is 3.27. The molecule has 2 rings (SSSR count). The maximum atomic E-state index is 13.4. The molecule has 0 saturated carbocycles. The van der Waals surface area contributed by atoms with Crippen molar-refractivity contribution >= 4 is 30.7 Å². The minimum absolute atomic E-state index is 0. The van der Waals surface area contributed by atoms with Crippen LogP contribution in [-0.4, -0.2) is 50.2 Å². The van der Waals surface area contributed by atoms with Crippen LogP contribution in [-0.2, 0) is 9.53 Å². The molecule has 1 heterocycles. The number of nitrogens with one attached hydrogen (secondary N) is 1. The van der Waals surface area contributed by atoms with Crippen molar-refractivity contribution in [2.45, 2.75) is 6.04 Å². The summed E-state index contributed by atoms with van der Waals surface area (Å²) in [6.45, 7) is 3.25. The summed E-state index contributed by atoms with van der Waals surface area (Å²) in [4.78, 5) is 14.3. The van der Waals surface area contributed by atoms with Crippen molar-refractivity contribution in [3.8, 4) is 0 Å². The summed E-state index contributed by atoms with van der Waals surface area (Å²) < 4.78 is 18.7. The molecule has 1 aliphatic rings. The van der Waals surface area contributed by atoms with Gasteiger partial charge in [0.15, 0.2) is 0 Å². The SMILES string of the molecule is Cl.Cl.NCCNC(=O)C(c1cccc(F)c1)N1CCOCC1. The lowest BCUT2D eigenvalue weighted by atomic mass is 10.0. The summed E-state index contributed by atoms with van der Waals surface area (Å²) in [6, 6.07) is 5.67. The van der Waals surface area contributed by atoms with E-state index in [0.717, 1.165) is 0 Å². The summed E-state index contributed by atoms with van der Waals surface area (Å²) in [5, 5.41) is 2.78. The fourth-order valence-electron chi connectivity index (χ4n) is 2.33. The average molecular weight is 354 g/mol. The highest BCUT2D eigenvalue weighted by molar-refractivity contribution is 5.85. The second kappa shape index (κ2) is 10.7. The number of hydrogen-bond acceptors (Lipinski definition) is 4. The van der Waals surface area contributed by atoms with Gasteiger partial charge in [-0.15, -0.1) is 24.8 Å². The normalized spacial score (nSPS) is 16.1. The van der Waals surface area contributed by atoms with E-state index < -0.39 is 6.04 Å². The van der Waals surface area contributed by atoms with Gasteiger partial charge in [-0.05, 0) is 17.7 Å². The van der Waals surface area contributed by atoms with Crippen LogP contribution in [0.1, 0.15) is 11.6 Å². The van der Waals surface area contributed by atoms with E-state index in [2.05, 4.69) is 5.32 Å². The van der Waals surface area contributed by atoms with Gasteiger partial charge in [-0.1, -0.05) is 12.1 Å². The highest BCUT2D eigenvalue weighted by Crippen LogP contribution is 2.22. The number of amides is 1. The Labute approximate surface area is 142 Å². The maximum Gasteiger partial charge on any atom is 0.242 e. The highest BCUT2D eigenvalue weighted by atomic mass is 35.5. The quantitative estimate of drug-likeness (QED) is 0.832. The van der Waals surface area contributed by atoms with Gasteiger partial charge < -0.3 is 15.8 Å². The third kappa shape index (κ3) is 5.70. The van der Waals surface area contributed by atoms with Crippen molar-refractivity contribution in [1.29, 1.82) is 0 Å². The molecule has 1 aliphatic heterocycles. The topological polar surface area (TPSA) is 67.6 Å². The molecular weight excluding hydrogens is 332 g/mol. The highest BCUT2D eigenvalue weighted by Gasteiger charge is 2.28. The molecule has 1 atom stereocenters. The van der Waals surface area contributed by atoms with Gasteiger partial charge in [-0.2, -0.15) is 0 Å². The van der Waals surface area contributed by atoms with Gasteiger partial charge in [0.25, 0.3) is 0 Å². The summed E-state index contributed by atoms with van der Waals surface area (Å²) in [5.41, 5.74) is 6.06. The van der Waals surface area contributed by atoms with Crippen molar-refractivity contribution in [2.24, 2.45) is 5.73 Å². The summed E-state index contributed by atoms with van der Waals surface area (Å²) in [7, 11) is 0. The number of morpholine rings is 1. The summed E-state index contributed by atoms with van der Waals surface area (Å²) in [6.07, 6.45) is 0. The number of nitrogens with two attached hydrogens (primary N) is 1. The van der Waals surface area contributed by atoms with Crippen LogP contribution < -0.4 is 11.1 Å². The third-order valence-corrected chi connectivity index (χ3v) is 3.27. The lowest BCUT2D eigenvalue weighted by Gasteiger charge is -2.33. The van der Waals surface area contributed by atoms with E-state index in [1.807, 2.05) is 4.90 Å². The van der Waals surface area contributed by atoms with Crippen LogP contribution in [0, 0.1) is 5.82 Å². The molecule has 0 aliphatic carbocycles. The van der Waals surface area contributed by atoms with Crippen molar-refractivity contribution in [3.63, 3.8) is 0 Å². The number of ether oxygens (including phenoxy) is 1. The molecule has 1 saturated heterocycles. The smallest absolute Gasteiger partial charge is 0.242 e. The van der Waals surface area contributed by atoms with Gasteiger partial charge in [0.05, 0.1) is 13.2 Å². The number of nitrogens with zero attached hydrogens (tertiary/aromatic N) is 1. The van der Waals surface area contributed by atoms with Crippen LogP contribution in [0.3, 0.4) is 0 Å². The first-order valence-corrected chi connectivity index (χ1v) is 6.77. The van der Waals surface area contributed by atoms with E-state index >= 15 is 0 Å². The molecule has 1 amide bonds. The van der Waals surface area contributed by atoms with E-state index in [0.29, 0.717) is 45.0 Å². The first-order chi connectivity index (χ1) is 9.72. The van der Waals surface area contributed by atoms with E-state index in [1.54, 1.807) is 12.1 Å². The van der Waals surface area contributed by atoms with Gasteiger partial charge in [-0.25, -0.2) is 4.39 Å². The Bertz CT molecular complexity index is 459. The zero-order chi connectivity index (χ0) is 14.4. The van der Waals surface area contributed by atoms with Gasteiger partial charge in [0, 0.05) is 26.2 Å². The molecule has 22 heavy (non-hydrogen) atoms. The zero-order valence-corrected chi connectivity index (χ0v) is 13.8. The van der Waals surface area contributed by atoms with E-state index in [4.69, 9.17) is 10.5 Å². The molecule has 3 N–H and O–H groups in total. The first-order valence-electron chi connectivity index (χ1n) is 6.77. The van der Waals surface area contributed by atoms with Gasteiger partial charge in [0.2, 0.25) is 5.91 Å². The molecule has 1 aromatic carbocycles. The molecule has 5 nitrogen and oxygen atoms in total. The van der Waals surface area contributed by atoms with E-state index in [1.165, 1.54) is 12.1 Å². The Kier molecular flexibility index (Phi) is 10.3. The Morgan fingerprint density at radius 2 is 2.05 bits per heavy atom. The summed E-state index contributed by atoms with van der Waals surface area (Å²) >= 11 is 0. The number of carbonyl (C=O) groups excluding carboxylic acids is 1. The van der Waals surface area contributed by atoms with E-state index in [9.17, 15) is 9.18 Å². The van der Waals surface area contributed by atoms with Crippen LogP contribution in [0.5, 0.6) is 0 Å². The Morgan fingerprint density at radius 1 is 1.36 bits per heavy atom. The fourth-order valence-corrected chi connectivity index (χ4v) is 2.33. The Morgan fingerprint density at radius 3 is 2.64 bits per heavy atom. The number of benzene rings is 1. The molecule has 0 bridgehead atoms. The van der Waals surface area contributed by atoms with Crippen LogP contribution in [0.4, 0.5) is 4.39 Å². The minimum atomic E-state index is -0.499. The second-order valence-electron chi connectivity index (χ2n) is 4.69. The second-order valence-corrected chi connectivity index (χ2v) is 4.69. The molecule has 0 radical (unpaired) electrons. The molecular formula is C14H22Cl2FN3O2. The minimum Gasteiger partial charge on any atom is -0.379 e. The molecule has 1 aromatic rings. The monoisotopic (exact) mass is 353 g/mol. The molecule has 0 spiro atoms. The van der Waals surface area contributed by atoms with Crippen LogP contribution in [0.2, 0.25) is 0 Å². The fraction of sp³-hybridized carbons (Fsp3) is 0.500. The predicted molar refractivity (Wildman–Crippen MR) is 88.1 cm³/mol. The van der Waals surface area contributed by atoms with Gasteiger partial charge in [-0.3, -0.25) is 9.69 Å². The number of hydrogen-bond donors (Lipinski definition) is 2. The van der Waals surface area contributed by atoms with Crippen molar-refractivity contribution in [1.82, 2.24) is 10.2 Å². The van der Waals surface area contributed by atoms with Crippen molar-refractivity contribution < 1.29 is 13.9 Å². The first kappa shape index (κ1) is 21.1. The zero-order valence-electron chi connectivity index (χ0n) is 12.2. The summed E-state index contributed by atoms with van der Waals surface area (Å²) in [5.74, 6) is -0.490. The Balaban J connectivity index is 0.00000220. The lowest BCUT2D eigenvalue weighted by molar-refractivity contribution is -0.128. The Hall–Kier alpha value is -0.920. The van der Waals surface area contributed by atoms with Crippen molar-refractivity contribution in [2.75, 3.05) is 39.4 Å². The largest absolute Gasteiger partial charge is 0.379 e. The predicted octanol–water partition coefficient (Wildman–Crippen LogP) is 1.12. The molecule has 0 aromatic heterocycles. The molecule has 8 heteroatoms. The van der Waals surface area contributed by atoms with Crippen LogP contribution >= 0.6 is 24.8 Å². The van der Waals surface area contributed by atoms with Crippen LogP contribution in [0.25, 0.3) is 0 Å². The molecule has 1 unspecified atom stereocenters. The average Bonchev–Trinajstić information content (AvgIpc) is 2.46. The van der Waals surface area contributed by atoms with Gasteiger partial charge >= 0.3 is 0 Å². The molecule has 1 fully saturated rings. The van der Waals surface area contributed by atoms with Gasteiger partial charge in [0.1, 0.15) is 11.9 Å². The number of rotatable bonds is 5. The standard InChI is InChI=1S/C14H20FN3O2.2ClH/c15-12-3-1-2-11(10-12)13(14(19)17-5-4-16)18-6-8-20-9-7-18;;/h1-3,10,13H,4-9,16H2,(H,17,19);2*1H. The van der Waals surface area contributed by atoms with Crippen LogP contribution in [0.15, 0.2) is 24.3 Å². The number of carbonyl (C=O) groups is 1. The maximum absolute atomic E-state index is 13.4.